The third-order valence-corrected chi connectivity index (χ3v) is 5.02. The van der Waals surface area contributed by atoms with Crippen LogP contribution in [0.4, 0.5) is 4.39 Å². The summed E-state index contributed by atoms with van der Waals surface area (Å²) in [4.78, 5) is 11.9. The van der Waals surface area contributed by atoms with Gasteiger partial charge in [-0.15, -0.1) is 0 Å². The van der Waals surface area contributed by atoms with Crippen LogP contribution in [0.25, 0.3) is 17.2 Å². The maximum absolute atomic E-state index is 13.0. The Labute approximate surface area is 178 Å². The van der Waals surface area contributed by atoms with Gasteiger partial charge in [-0.3, -0.25) is 19.7 Å². The highest BCUT2D eigenvalue weighted by atomic mass is 19.1. The van der Waals surface area contributed by atoms with E-state index < -0.39 is 24.0 Å². The molecule has 1 amide bonds. The van der Waals surface area contributed by atoms with Crippen molar-refractivity contribution in [3.8, 4) is 16.9 Å². The molecule has 6 heteroatoms. The molecule has 0 saturated carbocycles. The second-order valence-electron chi connectivity index (χ2n) is 6.83. The van der Waals surface area contributed by atoms with Crippen molar-refractivity contribution >= 4 is 12.0 Å². The molecule has 0 aromatic heterocycles. The Morgan fingerprint density at radius 1 is 1.13 bits per heavy atom. The first-order valence-electron chi connectivity index (χ1n) is 10.1. The van der Waals surface area contributed by atoms with E-state index in [-0.39, 0.29) is 0 Å². The maximum Gasteiger partial charge on any atom is 0.263 e. The first kappa shape index (κ1) is 25.3. The second-order valence-corrected chi connectivity index (χ2v) is 6.83. The fraction of sp³-hybridized carbons (Fsp3) is 0.375. The summed E-state index contributed by atoms with van der Waals surface area (Å²) >= 11 is 0. The summed E-state index contributed by atoms with van der Waals surface area (Å²) in [6.45, 7) is 6.87. The molecular weight excluding hydrogens is 383 g/mol. The Balaban J connectivity index is 0.00000218. The van der Waals surface area contributed by atoms with Gasteiger partial charge in [0.1, 0.15) is 11.3 Å². The van der Waals surface area contributed by atoms with Crippen LogP contribution in [0.3, 0.4) is 0 Å². The molecule has 0 fully saturated rings. The van der Waals surface area contributed by atoms with E-state index in [1.54, 1.807) is 26.4 Å². The molecule has 1 unspecified atom stereocenters. The lowest BCUT2D eigenvalue weighted by Crippen LogP contribution is -2.59. The van der Waals surface area contributed by atoms with Crippen molar-refractivity contribution in [2.45, 2.75) is 33.2 Å². The molecule has 0 saturated heterocycles. The van der Waals surface area contributed by atoms with Crippen LogP contribution >= 0.6 is 0 Å². The molecule has 3 N–H and O–H groups in total. The zero-order valence-electron chi connectivity index (χ0n) is 18.4. The molecule has 0 heterocycles. The Hall–Kier alpha value is -2.70. The van der Waals surface area contributed by atoms with Crippen molar-refractivity contribution < 1.29 is 19.1 Å². The van der Waals surface area contributed by atoms with Gasteiger partial charge in [-0.2, -0.15) is 0 Å². The smallest absolute Gasteiger partial charge is 0.263 e. The Morgan fingerprint density at radius 3 is 2.13 bits per heavy atom. The predicted molar refractivity (Wildman–Crippen MR) is 120 cm³/mol. The summed E-state index contributed by atoms with van der Waals surface area (Å²) in [5.41, 5.74) is 3.61. The number of hydroxylamine groups is 1. The zero-order valence-corrected chi connectivity index (χ0v) is 18.4. The van der Waals surface area contributed by atoms with E-state index >= 15 is 0 Å². The lowest BCUT2D eigenvalue weighted by molar-refractivity contribution is -0.137. The average molecular weight is 417 g/mol. The number of hydrogen-bond donors (Lipinski definition) is 3. The number of methoxy groups -OCH3 is 1. The van der Waals surface area contributed by atoms with Crippen LogP contribution < -0.4 is 15.5 Å². The van der Waals surface area contributed by atoms with Gasteiger partial charge in [0, 0.05) is 12.5 Å². The molecule has 0 spiro atoms. The first-order chi connectivity index (χ1) is 14.4. The first-order valence-corrected chi connectivity index (χ1v) is 10.1. The molecule has 2 aromatic rings. The van der Waals surface area contributed by atoms with Crippen molar-refractivity contribution in [1.29, 1.82) is 0 Å². The molecule has 0 aliphatic rings. The number of carbonyl (C=O) groups is 1. The van der Waals surface area contributed by atoms with Crippen molar-refractivity contribution in [3.05, 3.63) is 60.2 Å². The van der Waals surface area contributed by atoms with Crippen LogP contribution in [0.5, 0.6) is 5.75 Å². The molecule has 2 rings (SSSR count). The predicted octanol–water partition coefficient (Wildman–Crippen LogP) is 4.86. The van der Waals surface area contributed by atoms with E-state index in [4.69, 9.17) is 9.94 Å². The van der Waals surface area contributed by atoms with Gasteiger partial charge in [0.05, 0.1) is 13.8 Å². The topological polar surface area (TPSA) is 70.6 Å². The van der Waals surface area contributed by atoms with E-state index in [9.17, 15) is 9.18 Å². The standard InChI is InChI=1S/C22H27FN2O3.C2H6/c1-16(15-23)22(2,21(26)25-27)24-14-4-5-17-6-8-18(9-7-17)19-10-12-20(28-3)13-11-19;1-2/h4-13,16,24,27H,14-15H2,1-3H3,(H,25,26);1-2H3/b5-4+;/t16?,22-;/m0./s1. The van der Waals surface area contributed by atoms with Gasteiger partial charge in [-0.25, -0.2) is 5.48 Å². The number of carbonyl (C=O) groups excluding carboxylic acids is 1. The molecule has 164 valence electrons. The van der Waals surface area contributed by atoms with Gasteiger partial charge in [0.15, 0.2) is 0 Å². The molecular formula is C24H33FN2O3. The molecule has 0 radical (unpaired) electrons. The van der Waals surface area contributed by atoms with Crippen LogP contribution in [0.15, 0.2) is 54.6 Å². The fourth-order valence-electron chi connectivity index (χ4n) is 2.78. The van der Waals surface area contributed by atoms with Crippen molar-refractivity contribution in [1.82, 2.24) is 10.8 Å². The lowest BCUT2D eigenvalue weighted by Gasteiger charge is -2.32. The lowest BCUT2D eigenvalue weighted by atomic mass is 9.87. The summed E-state index contributed by atoms with van der Waals surface area (Å²) in [6, 6.07) is 15.9. The van der Waals surface area contributed by atoms with Crippen LogP contribution in [0.2, 0.25) is 0 Å². The Kier molecular flexibility index (Phi) is 10.8. The van der Waals surface area contributed by atoms with Crippen molar-refractivity contribution in [3.63, 3.8) is 0 Å². The fourth-order valence-corrected chi connectivity index (χ4v) is 2.78. The number of amides is 1. The van der Waals surface area contributed by atoms with Gasteiger partial charge in [0.25, 0.3) is 5.91 Å². The van der Waals surface area contributed by atoms with Crippen LogP contribution in [-0.2, 0) is 4.79 Å². The molecule has 2 atom stereocenters. The monoisotopic (exact) mass is 416 g/mol. The molecule has 0 bridgehead atoms. The minimum atomic E-state index is -1.20. The van der Waals surface area contributed by atoms with Crippen molar-refractivity contribution in [2.75, 3.05) is 20.3 Å². The summed E-state index contributed by atoms with van der Waals surface area (Å²) in [5.74, 6) is -0.425. The largest absolute Gasteiger partial charge is 0.497 e. The van der Waals surface area contributed by atoms with Gasteiger partial charge < -0.3 is 4.74 Å². The van der Waals surface area contributed by atoms with E-state index in [0.29, 0.717) is 6.54 Å². The minimum absolute atomic E-state index is 0.356. The van der Waals surface area contributed by atoms with E-state index in [2.05, 4.69) is 5.32 Å². The molecule has 0 aliphatic carbocycles. The maximum atomic E-state index is 13.0. The Morgan fingerprint density at radius 2 is 1.67 bits per heavy atom. The number of ether oxygens (including phenoxy) is 1. The third-order valence-electron chi connectivity index (χ3n) is 5.02. The quantitative estimate of drug-likeness (QED) is 0.403. The van der Waals surface area contributed by atoms with Gasteiger partial charge >= 0.3 is 0 Å². The molecule has 5 nitrogen and oxygen atoms in total. The normalized spacial score (nSPS) is 13.7. The highest BCUT2D eigenvalue weighted by molar-refractivity contribution is 5.85. The van der Waals surface area contributed by atoms with Crippen LogP contribution in [-0.4, -0.2) is 37.0 Å². The molecule has 2 aromatic carbocycles. The van der Waals surface area contributed by atoms with Crippen molar-refractivity contribution in [2.24, 2.45) is 5.92 Å². The van der Waals surface area contributed by atoms with E-state index in [1.165, 1.54) is 0 Å². The number of hydrogen-bond acceptors (Lipinski definition) is 4. The minimum Gasteiger partial charge on any atom is -0.497 e. The summed E-state index contributed by atoms with van der Waals surface area (Å²) < 4.78 is 18.2. The molecule has 30 heavy (non-hydrogen) atoms. The average Bonchev–Trinajstić information content (AvgIpc) is 2.82. The van der Waals surface area contributed by atoms with Gasteiger partial charge in [-0.05, 0) is 35.7 Å². The number of halogens is 1. The Bertz CT molecular complexity index is 791. The number of benzene rings is 2. The van der Waals surface area contributed by atoms with Gasteiger partial charge in [-0.1, -0.05) is 69.3 Å². The van der Waals surface area contributed by atoms with E-state index in [0.717, 1.165) is 22.4 Å². The van der Waals surface area contributed by atoms with Crippen LogP contribution in [0.1, 0.15) is 33.3 Å². The van der Waals surface area contributed by atoms with Gasteiger partial charge in [0.2, 0.25) is 0 Å². The number of alkyl halides is 1. The number of rotatable bonds is 9. The van der Waals surface area contributed by atoms with E-state index in [1.807, 2.05) is 74.5 Å². The van der Waals surface area contributed by atoms with Crippen LogP contribution in [0, 0.1) is 5.92 Å². The summed E-state index contributed by atoms with van der Waals surface area (Å²) in [5, 5.41) is 11.9. The summed E-state index contributed by atoms with van der Waals surface area (Å²) in [6.07, 6.45) is 3.78. The molecule has 0 aliphatic heterocycles. The third kappa shape index (κ3) is 6.68. The zero-order chi connectivity index (χ0) is 22.6. The number of nitrogens with one attached hydrogen (secondary N) is 2. The second kappa shape index (κ2) is 12.8. The summed E-state index contributed by atoms with van der Waals surface area (Å²) in [7, 11) is 1.64. The highest BCUT2D eigenvalue weighted by Gasteiger charge is 2.38. The highest BCUT2D eigenvalue weighted by Crippen LogP contribution is 2.23. The SMILES string of the molecule is CC.COc1ccc(-c2ccc(/C=C/CN[C@](C)(C(=O)NO)C(C)CF)cc2)cc1.